The van der Waals surface area contributed by atoms with Gasteiger partial charge in [0.15, 0.2) is 11.6 Å². The fraction of sp³-hybridized carbons (Fsp3) is 0.571. The van der Waals surface area contributed by atoms with Crippen LogP contribution in [0.5, 0.6) is 5.75 Å². The number of methoxy groups -OCH3 is 2. The van der Waals surface area contributed by atoms with Gasteiger partial charge in [-0.1, -0.05) is 12.1 Å². The summed E-state index contributed by atoms with van der Waals surface area (Å²) < 4.78 is 28.8. The standard InChI is InChI=1S/C14H21FO4/c1-17-8-9-19-7-6-12(16)10-11-4-3-5-13(18-2)14(11)15/h3-5,12,16H,6-10H2,1-2H3. The molecular formula is C14H21FO4. The maximum absolute atomic E-state index is 13.8. The minimum absolute atomic E-state index is 0.195. The molecule has 0 spiro atoms. The molecule has 1 unspecified atom stereocenters. The molecule has 0 saturated carbocycles. The molecule has 0 radical (unpaired) electrons. The molecule has 0 aliphatic heterocycles. The van der Waals surface area contributed by atoms with Crippen molar-refractivity contribution in [1.29, 1.82) is 0 Å². The molecule has 1 aromatic carbocycles. The smallest absolute Gasteiger partial charge is 0.168 e. The largest absolute Gasteiger partial charge is 0.494 e. The van der Waals surface area contributed by atoms with Crippen LogP contribution in [0.4, 0.5) is 4.39 Å². The summed E-state index contributed by atoms with van der Waals surface area (Å²) in [5.41, 5.74) is 0.448. The Bertz CT molecular complexity index is 370. The lowest BCUT2D eigenvalue weighted by molar-refractivity contribution is 0.0477. The summed E-state index contributed by atoms with van der Waals surface area (Å²) in [5.74, 6) is -0.217. The average molecular weight is 272 g/mol. The molecule has 4 nitrogen and oxygen atoms in total. The van der Waals surface area contributed by atoms with Crippen LogP contribution in [0.3, 0.4) is 0 Å². The van der Waals surface area contributed by atoms with Gasteiger partial charge in [0.2, 0.25) is 0 Å². The first-order valence-electron chi connectivity index (χ1n) is 6.25. The van der Waals surface area contributed by atoms with Crippen molar-refractivity contribution in [2.45, 2.75) is 18.9 Å². The fourth-order valence-corrected chi connectivity index (χ4v) is 1.69. The van der Waals surface area contributed by atoms with E-state index in [-0.39, 0.29) is 12.2 Å². The summed E-state index contributed by atoms with van der Waals surface area (Å²) in [6.45, 7) is 1.45. The minimum Gasteiger partial charge on any atom is -0.494 e. The molecule has 1 atom stereocenters. The van der Waals surface area contributed by atoms with Gasteiger partial charge in [-0.3, -0.25) is 0 Å². The first-order valence-corrected chi connectivity index (χ1v) is 6.25. The van der Waals surface area contributed by atoms with Gasteiger partial charge in [-0.25, -0.2) is 4.39 Å². The maximum Gasteiger partial charge on any atom is 0.168 e. The Morgan fingerprint density at radius 3 is 2.68 bits per heavy atom. The van der Waals surface area contributed by atoms with Crippen molar-refractivity contribution in [2.24, 2.45) is 0 Å². The molecule has 108 valence electrons. The third kappa shape index (κ3) is 5.55. The van der Waals surface area contributed by atoms with Crippen molar-refractivity contribution in [2.75, 3.05) is 34.0 Å². The number of aliphatic hydroxyl groups excluding tert-OH is 1. The van der Waals surface area contributed by atoms with E-state index in [0.717, 1.165) is 0 Å². The highest BCUT2D eigenvalue weighted by atomic mass is 19.1. The summed E-state index contributed by atoms with van der Waals surface area (Å²) in [6, 6.07) is 4.91. The van der Waals surface area contributed by atoms with E-state index in [1.807, 2.05) is 0 Å². The first-order chi connectivity index (χ1) is 9.19. The zero-order chi connectivity index (χ0) is 14.1. The summed E-state index contributed by atoms with van der Waals surface area (Å²) in [7, 11) is 3.02. The van der Waals surface area contributed by atoms with E-state index >= 15 is 0 Å². The van der Waals surface area contributed by atoms with Crippen LogP contribution in [0.1, 0.15) is 12.0 Å². The number of halogens is 1. The van der Waals surface area contributed by atoms with Crippen molar-refractivity contribution in [3.05, 3.63) is 29.6 Å². The number of ether oxygens (including phenoxy) is 3. The SMILES string of the molecule is COCCOCCC(O)Cc1cccc(OC)c1F. The highest BCUT2D eigenvalue weighted by Gasteiger charge is 2.12. The third-order valence-corrected chi connectivity index (χ3v) is 2.75. The Hall–Kier alpha value is -1.17. The van der Waals surface area contributed by atoms with Crippen LogP contribution in [-0.2, 0) is 15.9 Å². The monoisotopic (exact) mass is 272 g/mol. The molecule has 0 aliphatic carbocycles. The number of benzene rings is 1. The Balaban J connectivity index is 2.37. The van der Waals surface area contributed by atoms with Gasteiger partial charge in [0, 0.05) is 20.1 Å². The van der Waals surface area contributed by atoms with Gasteiger partial charge in [0.1, 0.15) is 0 Å². The van der Waals surface area contributed by atoms with E-state index < -0.39 is 11.9 Å². The van der Waals surface area contributed by atoms with Crippen LogP contribution >= 0.6 is 0 Å². The highest BCUT2D eigenvalue weighted by Crippen LogP contribution is 2.21. The third-order valence-electron chi connectivity index (χ3n) is 2.75. The second kappa shape index (κ2) is 8.85. The molecule has 5 heteroatoms. The van der Waals surface area contributed by atoms with Gasteiger partial charge < -0.3 is 19.3 Å². The van der Waals surface area contributed by atoms with Gasteiger partial charge in [-0.05, 0) is 18.1 Å². The van der Waals surface area contributed by atoms with Crippen LogP contribution in [0.25, 0.3) is 0 Å². The number of aliphatic hydroxyl groups is 1. The second-order valence-corrected chi connectivity index (χ2v) is 4.19. The fourth-order valence-electron chi connectivity index (χ4n) is 1.69. The molecule has 19 heavy (non-hydrogen) atoms. The Kier molecular flexibility index (Phi) is 7.40. The van der Waals surface area contributed by atoms with Gasteiger partial charge in [-0.15, -0.1) is 0 Å². The zero-order valence-electron chi connectivity index (χ0n) is 11.4. The van der Waals surface area contributed by atoms with Crippen LogP contribution < -0.4 is 4.74 Å². The van der Waals surface area contributed by atoms with Gasteiger partial charge in [-0.2, -0.15) is 0 Å². The van der Waals surface area contributed by atoms with Crippen molar-refractivity contribution < 1.29 is 23.7 Å². The molecule has 0 fully saturated rings. The molecular weight excluding hydrogens is 251 g/mol. The number of rotatable bonds is 9. The Morgan fingerprint density at radius 1 is 1.21 bits per heavy atom. The van der Waals surface area contributed by atoms with Crippen molar-refractivity contribution in [3.63, 3.8) is 0 Å². The highest BCUT2D eigenvalue weighted by molar-refractivity contribution is 5.31. The Labute approximate surface area is 113 Å². The van der Waals surface area contributed by atoms with Gasteiger partial charge in [0.25, 0.3) is 0 Å². The molecule has 0 amide bonds. The predicted octanol–water partition coefficient (Wildman–Crippen LogP) is 1.79. The molecule has 0 saturated heterocycles. The molecule has 0 heterocycles. The lowest BCUT2D eigenvalue weighted by atomic mass is 10.1. The van der Waals surface area contributed by atoms with Crippen LogP contribution in [0.2, 0.25) is 0 Å². The summed E-state index contributed by atoms with van der Waals surface area (Å²) in [4.78, 5) is 0. The van der Waals surface area contributed by atoms with E-state index in [1.165, 1.54) is 7.11 Å². The van der Waals surface area contributed by atoms with Gasteiger partial charge in [0.05, 0.1) is 26.4 Å². The van der Waals surface area contributed by atoms with Crippen molar-refractivity contribution in [1.82, 2.24) is 0 Å². The normalized spacial score (nSPS) is 12.4. The average Bonchev–Trinajstić information content (AvgIpc) is 2.41. The van der Waals surface area contributed by atoms with Crippen LogP contribution in [-0.4, -0.2) is 45.3 Å². The molecule has 0 aliphatic rings. The molecule has 1 aromatic rings. The quantitative estimate of drug-likeness (QED) is 0.696. The maximum atomic E-state index is 13.8. The summed E-state index contributed by atoms with van der Waals surface area (Å²) >= 11 is 0. The number of hydrogen-bond donors (Lipinski definition) is 1. The predicted molar refractivity (Wildman–Crippen MR) is 70.0 cm³/mol. The zero-order valence-corrected chi connectivity index (χ0v) is 11.4. The second-order valence-electron chi connectivity index (χ2n) is 4.19. The lowest BCUT2D eigenvalue weighted by Gasteiger charge is -2.12. The number of hydrogen-bond acceptors (Lipinski definition) is 4. The lowest BCUT2D eigenvalue weighted by Crippen LogP contribution is -2.15. The van der Waals surface area contributed by atoms with Gasteiger partial charge >= 0.3 is 0 Å². The first kappa shape index (κ1) is 15.9. The van der Waals surface area contributed by atoms with E-state index in [2.05, 4.69) is 0 Å². The van der Waals surface area contributed by atoms with E-state index in [0.29, 0.717) is 31.8 Å². The molecule has 0 aromatic heterocycles. The summed E-state index contributed by atoms with van der Waals surface area (Å²) in [5, 5.41) is 9.83. The van der Waals surface area contributed by atoms with E-state index in [4.69, 9.17) is 14.2 Å². The Morgan fingerprint density at radius 2 is 2.00 bits per heavy atom. The van der Waals surface area contributed by atoms with E-state index in [1.54, 1.807) is 25.3 Å². The van der Waals surface area contributed by atoms with Crippen molar-refractivity contribution in [3.8, 4) is 5.75 Å². The van der Waals surface area contributed by atoms with Crippen LogP contribution in [0.15, 0.2) is 18.2 Å². The molecule has 0 bridgehead atoms. The summed E-state index contributed by atoms with van der Waals surface area (Å²) in [6.07, 6.45) is 0.0703. The minimum atomic E-state index is -0.635. The van der Waals surface area contributed by atoms with E-state index in [9.17, 15) is 9.50 Å². The van der Waals surface area contributed by atoms with Crippen molar-refractivity contribution >= 4 is 0 Å². The van der Waals surface area contributed by atoms with Crippen LogP contribution in [0, 0.1) is 5.82 Å². The molecule has 1 N–H and O–H groups in total. The topological polar surface area (TPSA) is 47.9 Å². The molecule has 1 rings (SSSR count).